The first-order chi connectivity index (χ1) is 19.6. The summed E-state index contributed by atoms with van der Waals surface area (Å²) in [7, 11) is 0. The van der Waals surface area contributed by atoms with Gasteiger partial charge in [0.05, 0.1) is 11.3 Å². The average Bonchev–Trinajstić information content (AvgIpc) is 3.30. The lowest BCUT2D eigenvalue weighted by molar-refractivity contribution is -0.154. The van der Waals surface area contributed by atoms with Crippen LogP contribution in [0.4, 0.5) is 16.3 Å². The molecule has 1 aromatic carbocycles. The third-order valence-corrected chi connectivity index (χ3v) is 6.09. The molecule has 2 aromatic heterocycles. The molecule has 3 N–H and O–H groups in total. The van der Waals surface area contributed by atoms with Gasteiger partial charge in [0.25, 0.3) is 11.8 Å². The van der Waals surface area contributed by atoms with Gasteiger partial charge >= 0.3 is 12.1 Å². The van der Waals surface area contributed by atoms with E-state index < -0.39 is 24.9 Å². The van der Waals surface area contributed by atoms with Gasteiger partial charge in [-0.05, 0) is 57.4 Å². The van der Waals surface area contributed by atoms with E-state index in [4.69, 9.17) is 9.47 Å². The molecule has 0 bridgehead atoms. The number of nitrogens with zero attached hydrogens (tertiary/aromatic N) is 4. The Morgan fingerprint density at radius 3 is 2.54 bits per heavy atom. The molecule has 0 aliphatic heterocycles. The zero-order chi connectivity index (χ0) is 30.1. The molecule has 0 aliphatic rings. The Morgan fingerprint density at radius 1 is 1.10 bits per heavy atom. The van der Waals surface area contributed by atoms with Crippen LogP contribution in [0.1, 0.15) is 59.0 Å². The third kappa shape index (κ3) is 6.96. The van der Waals surface area contributed by atoms with E-state index in [0.29, 0.717) is 41.7 Å². The number of aryl methyl sites for hydroxylation is 2. The summed E-state index contributed by atoms with van der Waals surface area (Å²) >= 11 is 0. The third-order valence-electron chi connectivity index (χ3n) is 6.09. The maximum atomic E-state index is 13.6. The Hall–Kier alpha value is -5.01. The number of fused-ring (bicyclic) bond motifs is 1. The summed E-state index contributed by atoms with van der Waals surface area (Å²) in [5, 5.41) is 12.0. The molecule has 1 unspecified atom stereocenters. The van der Waals surface area contributed by atoms with Crippen molar-refractivity contribution in [1.29, 1.82) is 0 Å². The first-order valence-corrected chi connectivity index (χ1v) is 13.0. The number of hydrogen-bond donors (Lipinski definition) is 3. The minimum Gasteiger partial charge on any atom is -0.426 e. The van der Waals surface area contributed by atoms with Crippen LogP contribution in [0.25, 0.3) is 5.52 Å². The van der Waals surface area contributed by atoms with Crippen LogP contribution in [-0.2, 0) is 19.1 Å². The molecule has 2 heterocycles. The van der Waals surface area contributed by atoms with Crippen LogP contribution >= 0.6 is 0 Å². The number of anilines is 2. The van der Waals surface area contributed by atoms with Crippen LogP contribution in [0.5, 0.6) is 0 Å². The first-order valence-electron chi connectivity index (χ1n) is 13.0. The van der Waals surface area contributed by atoms with Crippen molar-refractivity contribution in [2.45, 2.75) is 47.1 Å². The summed E-state index contributed by atoms with van der Waals surface area (Å²) in [6, 6.07) is 3.83. The minimum absolute atomic E-state index is 0.0653. The van der Waals surface area contributed by atoms with Crippen molar-refractivity contribution in [1.82, 2.24) is 30.5 Å². The highest BCUT2D eigenvalue weighted by Crippen LogP contribution is 2.34. The number of amides is 4. The van der Waals surface area contributed by atoms with E-state index in [1.165, 1.54) is 30.0 Å². The molecular formula is C27H33N7O7. The summed E-state index contributed by atoms with van der Waals surface area (Å²) in [5.41, 5.74) is 2.32. The van der Waals surface area contributed by atoms with Crippen LogP contribution < -0.4 is 20.9 Å². The second-order valence-electron chi connectivity index (χ2n) is 8.99. The summed E-state index contributed by atoms with van der Waals surface area (Å²) < 4.78 is 11.7. The lowest BCUT2D eigenvalue weighted by Crippen LogP contribution is -2.36. The summed E-state index contributed by atoms with van der Waals surface area (Å²) in [5.74, 6) is -1.42. The molecule has 218 valence electrons. The standard InChI is InChI=1S/C27H33N7O7/c1-6-10-29-25(37)20-12-33-22(17(20)4)23(30-13-32-33)34(27(39)41-15-40-26(38)18(5)31-14-35)21-11-19(9-8-16(21)3)24(36)28-7-2/h8-9,11-14,18H,6-7,10,15H2,1-5H3,(H,28,36)(H,29,37)(H,31,35). The van der Waals surface area contributed by atoms with Crippen LogP contribution in [0.3, 0.4) is 0 Å². The largest absolute Gasteiger partial charge is 0.426 e. The number of carbonyl (C=O) groups excluding carboxylic acids is 5. The van der Waals surface area contributed by atoms with E-state index in [1.54, 1.807) is 32.9 Å². The molecule has 41 heavy (non-hydrogen) atoms. The van der Waals surface area contributed by atoms with E-state index in [-0.39, 0.29) is 28.9 Å². The number of benzene rings is 1. The van der Waals surface area contributed by atoms with Gasteiger partial charge in [-0.15, -0.1) is 0 Å². The molecule has 14 nitrogen and oxygen atoms in total. The highest BCUT2D eigenvalue weighted by atomic mass is 16.7. The van der Waals surface area contributed by atoms with E-state index in [0.717, 1.165) is 11.3 Å². The van der Waals surface area contributed by atoms with Crippen LogP contribution in [0, 0.1) is 13.8 Å². The molecule has 0 aliphatic carbocycles. The van der Waals surface area contributed by atoms with E-state index in [9.17, 15) is 24.0 Å². The Kier molecular flexibility index (Phi) is 10.3. The van der Waals surface area contributed by atoms with Gasteiger partial charge in [0.1, 0.15) is 17.9 Å². The Labute approximate surface area is 236 Å². The van der Waals surface area contributed by atoms with Crippen molar-refractivity contribution in [2.24, 2.45) is 0 Å². The van der Waals surface area contributed by atoms with Crippen molar-refractivity contribution in [3.05, 3.63) is 53.0 Å². The molecule has 1 atom stereocenters. The predicted molar refractivity (Wildman–Crippen MR) is 148 cm³/mol. The van der Waals surface area contributed by atoms with E-state index >= 15 is 0 Å². The maximum absolute atomic E-state index is 13.6. The quantitative estimate of drug-likeness (QED) is 0.168. The van der Waals surface area contributed by atoms with Crippen molar-refractivity contribution in [3.63, 3.8) is 0 Å². The molecule has 0 radical (unpaired) electrons. The number of ether oxygens (including phenoxy) is 2. The Morgan fingerprint density at radius 2 is 1.85 bits per heavy atom. The second-order valence-corrected chi connectivity index (χ2v) is 8.99. The number of rotatable bonds is 12. The fraction of sp³-hybridized carbons (Fsp3) is 0.370. The van der Waals surface area contributed by atoms with Gasteiger partial charge in [-0.2, -0.15) is 5.10 Å². The van der Waals surface area contributed by atoms with Gasteiger partial charge in [0.2, 0.25) is 13.2 Å². The smallest absolute Gasteiger partial charge is 0.423 e. The number of carbonyl (C=O) groups is 5. The number of aromatic nitrogens is 3. The average molecular weight is 568 g/mol. The maximum Gasteiger partial charge on any atom is 0.423 e. The van der Waals surface area contributed by atoms with Gasteiger partial charge in [-0.25, -0.2) is 24.0 Å². The van der Waals surface area contributed by atoms with E-state index in [1.807, 2.05) is 6.92 Å². The van der Waals surface area contributed by atoms with Gasteiger partial charge < -0.3 is 25.4 Å². The zero-order valence-corrected chi connectivity index (χ0v) is 23.5. The monoisotopic (exact) mass is 567 g/mol. The summed E-state index contributed by atoms with van der Waals surface area (Å²) in [4.78, 5) is 67.2. The van der Waals surface area contributed by atoms with Gasteiger partial charge in [0, 0.05) is 24.8 Å². The summed E-state index contributed by atoms with van der Waals surface area (Å²) in [6.45, 7) is 8.67. The minimum atomic E-state index is -0.983. The highest BCUT2D eigenvalue weighted by molar-refractivity contribution is 6.05. The normalized spacial score (nSPS) is 11.3. The first kappa shape index (κ1) is 30.5. The molecule has 0 saturated carbocycles. The lowest BCUT2D eigenvalue weighted by Gasteiger charge is -2.24. The molecule has 0 saturated heterocycles. The Balaban J connectivity index is 2.10. The topological polar surface area (TPSA) is 173 Å². The van der Waals surface area contributed by atoms with E-state index in [2.05, 4.69) is 26.0 Å². The van der Waals surface area contributed by atoms with Gasteiger partial charge in [-0.3, -0.25) is 14.4 Å². The SMILES string of the molecule is CCCNC(=O)c1cn2ncnc(N(C(=O)OCOC(=O)C(C)NC=O)c3cc(C(=O)NCC)ccc3C)c2c1C. The van der Waals surface area contributed by atoms with Crippen LogP contribution in [-0.4, -0.2) is 70.8 Å². The van der Waals surface area contributed by atoms with Crippen molar-refractivity contribution < 1.29 is 33.4 Å². The lowest BCUT2D eigenvalue weighted by atomic mass is 10.1. The van der Waals surface area contributed by atoms with Crippen molar-refractivity contribution in [3.8, 4) is 0 Å². The highest BCUT2D eigenvalue weighted by Gasteiger charge is 2.29. The van der Waals surface area contributed by atoms with Crippen LogP contribution in [0.2, 0.25) is 0 Å². The van der Waals surface area contributed by atoms with Crippen LogP contribution in [0.15, 0.2) is 30.7 Å². The predicted octanol–water partition coefficient (Wildman–Crippen LogP) is 2.15. The molecule has 3 aromatic rings. The number of hydrogen-bond acceptors (Lipinski definition) is 9. The second kappa shape index (κ2) is 13.9. The molecule has 0 spiro atoms. The Bertz CT molecular complexity index is 1450. The number of nitrogens with one attached hydrogen (secondary N) is 3. The zero-order valence-electron chi connectivity index (χ0n) is 23.5. The molecule has 0 fully saturated rings. The molecule has 14 heteroatoms. The summed E-state index contributed by atoms with van der Waals surface area (Å²) in [6.07, 6.45) is 2.86. The fourth-order valence-electron chi connectivity index (χ4n) is 3.92. The molecular weight excluding hydrogens is 534 g/mol. The van der Waals surface area contributed by atoms with Gasteiger partial charge in [0.15, 0.2) is 5.82 Å². The molecule has 3 rings (SSSR count). The fourth-order valence-corrected chi connectivity index (χ4v) is 3.92. The van der Waals surface area contributed by atoms with Crippen molar-refractivity contribution >= 4 is 47.3 Å². The van der Waals surface area contributed by atoms with Gasteiger partial charge in [-0.1, -0.05) is 13.0 Å². The molecule has 4 amide bonds. The number of esters is 1. The van der Waals surface area contributed by atoms with Crippen molar-refractivity contribution in [2.75, 3.05) is 24.8 Å².